The minimum absolute atomic E-state index is 0.767. The lowest BCUT2D eigenvalue weighted by molar-refractivity contribution is -0.293. The first-order chi connectivity index (χ1) is 12.5. The van der Waals surface area contributed by atoms with Crippen LogP contribution < -0.4 is 0 Å². The van der Waals surface area contributed by atoms with Crippen LogP contribution in [-0.2, 0) is 23.1 Å². The average molecular weight is 422 g/mol. The van der Waals surface area contributed by atoms with Gasteiger partial charge in [0.2, 0.25) is 0 Å². The Morgan fingerprint density at radius 1 is 0.704 bits per heavy atom. The molecular weight excluding hydrogens is 399 g/mol. The van der Waals surface area contributed by atoms with Gasteiger partial charge < -0.3 is 55.2 Å². The third kappa shape index (κ3) is 5.01. The van der Waals surface area contributed by atoms with Crippen LogP contribution in [0.3, 0.4) is 0 Å². The van der Waals surface area contributed by atoms with E-state index in [1.165, 1.54) is 0 Å². The fraction of sp³-hybridized carbons (Fsp3) is 1.00. The largest absolute Gasteiger partial charge is 0.473 e. The molecule has 2 fully saturated rings. The highest BCUT2D eigenvalue weighted by Gasteiger charge is 2.51. The van der Waals surface area contributed by atoms with Crippen LogP contribution in [0.1, 0.15) is 0 Å². The first-order valence-electron chi connectivity index (χ1n) is 7.83. The van der Waals surface area contributed by atoms with Crippen molar-refractivity contribution >= 4 is 7.82 Å². The van der Waals surface area contributed by atoms with Crippen LogP contribution in [0.2, 0.25) is 0 Å². The molecule has 0 aromatic carbocycles. The van der Waals surface area contributed by atoms with E-state index in [9.17, 15) is 40.1 Å². The summed E-state index contributed by atoms with van der Waals surface area (Å²) in [6.45, 7) is -1.53. The maximum absolute atomic E-state index is 12.1. The second-order valence-corrected chi connectivity index (χ2v) is 7.43. The van der Waals surface area contributed by atoms with Crippen LogP contribution in [0.4, 0.5) is 0 Å². The summed E-state index contributed by atoms with van der Waals surface area (Å²) < 4.78 is 30.8. The van der Waals surface area contributed by atoms with Gasteiger partial charge in [0.1, 0.15) is 48.8 Å². The lowest BCUT2D eigenvalue weighted by atomic mass is 9.99. The maximum atomic E-state index is 12.1. The van der Waals surface area contributed by atoms with Crippen molar-refractivity contribution in [3.8, 4) is 0 Å². The Balaban J connectivity index is 2.07. The van der Waals surface area contributed by atoms with Gasteiger partial charge in [-0.15, -0.1) is 0 Å². The van der Waals surface area contributed by atoms with Crippen molar-refractivity contribution in [3.63, 3.8) is 0 Å². The molecule has 15 heteroatoms. The Kier molecular flexibility index (Phi) is 7.68. The number of phosphoric acid groups is 1. The molecule has 0 spiro atoms. The van der Waals surface area contributed by atoms with Gasteiger partial charge >= 0.3 is 7.82 Å². The maximum Gasteiger partial charge on any atom is 0.473 e. The molecule has 2 aliphatic heterocycles. The van der Waals surface area contributed by atoms with Gasteiger partial charge in [-0.2, -0.15) is 0 Å². The zero-order chi connectivity index (χ0) is 20.5. The van der Waals surface area contributed by atoms with Gasteiger partial charge in [-0.25, -0.2) is 4.57 Å². The predicted molar refractivity (Wildman–Crippen MR) is 79.5 cm³/mol. The Morgan fingerprint density at radius 2 is 1.04 bits per heavy atom. The van der Waals surface area contributed by atoms with E-state index < -0.39 is 82.4 Å². The second kappa shape index (κ2) is 9.02. The highest BCUT2D eigenvalue weighted by molar-refractivity contribution is 7.47. The van der Waals surface area contributed by atoms with Crippen LogP contribution in [0.25, 0.3) is 0 Å². The van der Waals surface area contributed by atoms with E-state index in [1.54, 1.807) is 0 Å². The molecule has 2 saturated heterocycles. The summed E-state index contributed by atoms with van der Waals surface area (Å²) in [5, 5.41) is 76.6. The molecule has 2 rings (SSSR count). The number of aliphatic hydroxyl groups excluding tert-OH is 8. The first-order valence-corrected chi connectivity index (χ1v) is 9.32. The summed E-state index contributed by atoms with van der Waals surface area (Å²) in [5.41, 5.74) is 0. The first kappa shape index (κ1) is 23.0. The molecule has 0 aromatic heterocycles. The van der Waals surface area contributed by atoms with E-state index in [-0.39, 0.29) is 0 Å². The van der Waals surface area contributed by atoms with Crippen LogP contribution in [0, 0.1) is 0 Å². The van der Waals surface area contributed by atoms with Gasteiger partial charge in [-0.3, -0.25) is 9.05 Å². The summed E-state index contributed by atoms with van der Waals surface area (Å²) >= 11 is 0. The fourth-order valence-electron chi connectivity index (χ4n) is 2.70. The van der Waals surface area contributed by atoms with E-state index in [1.807, 2.05) is 0 Å². The minimum Gasteiger partial charge on any atom is -0.394 e. The molecule has 0 bridgehead atoms. The van der Waals surface area contributed by atoms with Gasteiger partial charge in [0.15, 0.2) is 12.6 Å². The average Bonchev–Trinajstić information content (AvgIpc) is 2.61. The lowest BCUT2D eigenvalue weighted by Gasteiger charge is -2.42. The standard InChI is InChI=1S/C12H23O14P/c13-1-3-5(15)7(17)9(11(19)23-3)25-27(21,22)26-10-8(18)6(16)4(2-14)24-12(10)20/h3-20H,1-2H2,(H,21,22)/t3-,4-,5-,6-,7+,8+,9-,10-,11-,12+/m1/s1. The Morgan fingerprint density at radius 3 is 1.33 bits per heavy atom. The van der Waals surface area contributed by atoms with Gasteiger partial charge in [0.05, 0.1) is 13.2 Å². The van der Waals surface area contributed by atoms with E-state index in [4.69, 9.17) is 19.7 Å². The topological polar surface area (TPSA) is 236 Å². The molecule has 0 radical (unpaired) electrons. The molecule has 9 N–H and O–H groups in total. The summed E-state index contributed by atoms with van der Waals surface area (Å²) in [4.78, 5) is 9.80. The van der Waals surface area contributed by atoms with Crippen molar-refractivity contribution in [3.05, 3.63) is 0 Å². The van der Waals surface area contributed by atoms with Crippen molar-refractivity contribution in [1.82, 2.24) is 0 Å². The Labute approximate surface area is 152 Å². The molecule has 0 aromatic rings. The third-order valence-electron chi connectivity index (χ3n) is 4.20. The quantitative estimate of drug-likeness (QED) is 0.182. The number of rotatable bonds is 6. The predicted octanol–water partition coefficient (Wildman–Crippen LogP) is -5.28. The van der Waals surface area contributed by atoms with Crippen LogP contribution >= 0.6 is 7.82 Å². The van der Waals surface area contributed by atoms with Gasteiger partial charge in [0, 0.05) is 0 Å². The Bertz CT molecular complexity index is 492. The molecule has 160 valence electrons. The van der Waals surface area contributed by atoms with Gasteiger partial charge in [0.25, 0.3) is 0 Å². The smallest absolute Gasteiger partial charge is 0.394 e. The van der Waals surface area contributed by atoms with Crippen LogP contribution in [-0.4, -0.2) is 120 Å². The monoisotopic (exact) mass is 422 g/mol. The second-order valence-electron chi connectivity index (χ2n) is 6.07. The number of hydrogen-bond donors (Lipinski definition) is 9. The SMILES string of the molecule is O=P(O)(O[C@@H]1[C@@H](O)[C@H](O)[C@@H](CO)O[C@H]1O)O[C@@H]1[C@@H](O)[C@H](O)[C@@H](CO)O[C@@H]1O. The van der Waals surface area contributed by atoms with Gasteiger partial charge in [-0.05, 0) is 0 Å². The minimum atomic E-state index is -5.24. The van der Waals surface area contributed by atoms with Crippen molar-refractivity contribution < 1.29 is 68.8 Å². The zero-order valence-corrected chi connectivity index (χ0v) is 14.6. The number of hydrogen-bond acceptors (Lipinski definition) is 13. The summed E-state index contributed by atoms with van der Waals surface area (Å²) in [6.07, 6.45) is -18.3. The van der Waals surface area contributed by atoms with Crippen LogP contribution in [0.5, 0.6) is 0 Å². The van der Waals surface area contributed by atoms with Gasteiger partial charge in [-0.1, -0.05) is 0 Å². The fourth-order valence-corrected chi connectivity index (χ4v) is 3.83. The molecule has 0 amide bonds. The van der Waals surface area contributed by atoms with Crippen molar-refractivity contribution in [1.29, 1.82) is 0 Å². The molecule has 27 heavy (non-hydrogen) atoms. The number of aliphatic hydroxyl groups is 8. The number of ether oxygens (including phenoxy) is 2. The highest BCUT2D eigenvalue weighted by atomic mass is 31.2. The van der Waals surface area contributed by atoms with E-state index in [2.05, 4.69) is 9.05 Å². The van der Waals surface area contributed by atoms with E-state index in [0.29, 0.717) is 0 Å². The molecular formula is C12H23O14P. The zero-order valence-electron chi connectivity index (χ0n) is 13.7. The third-order valence-corrected chi connectivity index (χ3v) is 5.21. The molecule has 0 aliphatic carbocycles. The summed E-state index contributed by atoms with van der Waals surface area (Å²) in [5.74, 6) is 0. The van der Waals surface area contributed by atoms with Crippen molar-refractivity contribution in [2.45, 2.75) is 61.4 Å². The normalized spacial score (nSPS) is 48.2. The highest BCUT2D eigenvalue weighted by Crippen LogP contribution is 2.49. The van der Waals surface area contributed by atoms with Crippen molar-refractivity contribution in [2.24, 2.45) is 0 Å². The molecule has 1 unspecified atom stereocenters. The van der Waals surface area contributed by atoms with Crippen LogP contribution in [0.15, 0.2) is 0 Å². The molecule has 11 atom stereocenters. The number of phosphoric ester groups is 1. The molecule has 2 heterocycles. The Hall–Kier alpha value is -0.290. The molecule has 0 saturated carbocycles. The van der Waals surface area contributed by atoms with E-state index >= 15 is 0 Å². The van der Waals surface area contributed by atoms with E-state index in [0.717, 1.165) is 0 Å². The summed E-state index contributed by atoms with van der Waals surface area (Å²) in [7, 11) is -5.24. The molecule has 2 aliphatic rings. The lowest BCUT2D eigenvalue weighted by Crippen LogP contribution is -2.60. The molecule has 14 nitrogen and oxygen atoms in total. The summed E-state index contributed by atoms with van der Waals surface area (Å²) in [6, 6.07) is 0. The van der Waals surface area contributed by atoms with Crippen molar-refractivity contribution in [2.75, 3.05) is 13.2 Å².